The number of hydrogen-bond acceptors (Lipinski definition) is 10. The highest BCUT2D eigenvalue weighted by Crippen LogP contribution is 2.35. The number of aromatic nitrogens is 2. The van der Waals surface area contributed by atoms with Crippen LogP contribution in [0.5, 0.6) is 23.0 Å². The lowest BCUT2D eigenvalue weighted by Crippen LogP contribution is -2.20. The van der Waals surface area contributed by atoms with E-state index in [0.717, 1.165) is 4.68 Å². The third-order valence-electron chi connectivity index (χ3n) is 7.07. The molecule has 1 aliphatic heterocycles. The first-order chi connectivity index (χ1) is 21.5. The quantitative estimate of drug-likeness (QED) is 0.120. The lowest BCUT2D eigenvalue weighted by molar-refractivity contribution is -0.385. The molecule has 6 aromatic rings. The Labute approximate surface area is 248 Å². The van der Waals surface area contributed by atoms with Crippen molar-refractivity contribution in [1.29, 1.82) is 0 Å². The summed E-state index contributed by atoms with van der Waals surface area (Å²) < 4.78 is 29.4. The monoisotopic (exact) mass is 590 g/mol. The topological polar surface area (TPSA) is 140 Å². The van der Waals surface area contributed by atoms with Gasteiger partial charge in [0, 0.05) is 11.6 Å². The molecule has 1 aliphatic rings. The van der Waals surface area contributed by atoms with E-state index in [1.54, 1.807) is 79.9 Å². The summed E-state index contributed by atoms with van der Waals surface area (Å²) in [6, 6.07) is 23.7. The van der Waals surface area contributed by atoms with Crippen molar-refractivity contribution in [3.05, 3.63) is 117 Å². The van der Waals surface area contributed by atoms with Crippen LogP contribution in [0, 0.1) is 10.1 Å². The zero-order valence-corrected chi connectivity index (χ0v) is 23.1. The smallest absolute Gasteiger partial charge is 0.311 e. The molecule has 0 N–H and O–H groups in total. The molecule has 0 unspecified atom stereocenters. The van der Waals surface area contributed by atoms with Gasteiger partial charge in [-0.25, -0.2) is 4.98 Å². The van der Waals surface area contributed by atoms with Crippen LogP contribution in [-0.4, -0.2) is 34.7 Å². The predicted octanol–water partition coefficient (Wildman–Crippen LogP) is 5.92. The average Bonchev–Trinajstić information content (AvgIpc) is 3.70. The Balaban J connectivity index is 1.32. The minimum Gasteiger partial charge on any atom is -0.496 e. The zero-order valence-electron chi connectivity index (χ0n) is 23.1. The summed E-state index contributed by atoms with van der Waals surface area (Å²) in [7, 11) is 1.56. The van der Waals surface area contributed by atoms with Crippen LogP contribution in [0.2, 0.25) is 0 Å². The van der Waals surface area contributed by atoms with E-state index < -0.39 is 10.5 Å². The van der Waals surface area contributed by atoms with Crippen LogP contribution in [0.1, 0.15) is 11.1 Å². The summed E-state index contributed by atoms with van der Waals surface area (Å²) >= 11 is 0. The molecule has 3 heterocycles. The molecule has 0 bridgehead atoms. The number of nitrogens with zero attached hydrogens (tertiary/aromatic N) is 4. The Kier molecular flexibility index (Phi) is 6.62. The van der Waals surface area contributed by atoms with Crippen molar-refractivity contribution < 1.29 is 28.3 Å². The minimum atomic E-state index is -0.538. The van der Waals surface area contributed by atoms with Crippen molar-refractivity contribution in [2.45, 2.75) is 6.61 Å². The van der Waals surface area contributed by atoms with Gasteiger partial charge in [-0.05, 0) is 54.1 Å². The SMILES string of the molecule is COc1cccc2oc(-c3nc4ccccc4c(=O)n3N=Cc3cccc([N+](=O)[O-])c3OCc3ccc4c(c3)OCO4)cc12. The maximum absolute atomic E-state index is 13.7. The standard InChI is InChI=1S/C32H22N4O8/c1-40-25-10-5-11-26-22(25)15-29(44-26)31-34-23-8-3-2-7-21(23)32(37)35(31)33-16-20-6-4-9-24(36(38)39)30(20)41-17-19-12-13-27-28(14-19)43-18-42-27/h2-16H,17-18H2,1H3. The van der Waals surface area contributed by atoms with Crippen molar-refractivity contribution in [3.63, 3.8) is 0 Å². The van der Waals surface area contributed by atoms with Gasteiger partial charge in [-0.15, -0.1) is 0 Å². The van der Waals surface area contributed by atoms with Crippen LogP contribution >= 0.6 is 0 Å². The molecule has 44 heavy (non-hydrogen) atoms. The van der Waals surface area contributed by atoms with Crippen LogP contribution in [0.15, 0.2) is 99.2 Å². The number of para-hydroxylation sites is 2. The molecular weight excluding hydrogens is 568 g/mol. The number of furan rings is 1. The highest BCUT2D eigenvalue weighted by molar-refractivity contribution is 5.89. The molecule has 0 amide bonds. The lowest BCUT2D eigenvalue weighted by atomic mass is 10.1. The van der Waals surface area contributed by atoms with Gasteiger partial charge in [-0.2, -0.15) is 9.78 Å². The van der Waals surface area contributed by atoms with Gasteiger partial charge < -0.3 is 23.4 Å². The van der Waals surface area contributed by atoms with Crippen molar-refractivity contribution >= 4 is 33.8 Å². The van der Waals surface area contributed by atoms with Crippen LogP contribution in [0.3, 0.4) is 0 Å². The molecule has 12 heteroatoms. The fourth-order valence-electron chi connectivity index (χ4n) is 4.96. The molecule has 12 nitrogen and oxygen atoms in total. The number of benzene rings is 4. The van der Waals surface area contributed by atoms with Gasteiger partial charge in [-0.1, -0.05) is 30.3 Å². The van der Waals surface area contributed by atoms with Crippen LogP contribution < -0.4 is 24.5 Å². The van der Waals surface area contributed by atoms with E-state index in [2.05, 4.69) is 5.10 Å². The maximum atomic E-state index is 13.7. The van der Waals surface area contributed by atoms with E-state index in [1.807, 2.05) is 0 Å². The summed E-state index contributed by atoms with van der Waals surface area (Å²) in [5.74, 6) is 2.17. The van der Waals surface area contributed by atoms with E-state index in [-0.39, 0.29) is 42.0 Å². The molecule has 2 aromatic heterocycles. The van der Waals surface area contributed by atoms with Gasteiger partial charge in [0.1, 0.15) is 17.9 Å². The minimum absolute atomic E-state index is 0.00583. The number of rotatable bonds is 8. The first-order valence-electron chi connectivity index (χ1n) is 13.4. The van der Waals surface area contributed by atoms with E-state index >= 15 is 0 Å². The normalized spacial score (nSPS) is 12.3. The Morgan fingerprint density at radius 3 is 2.70 bits per heavy atom. The molecule has 0 saturated carbocycles. The number of methoxy groups -OCH3 is 1. The third-order valence-corrected chi connectivity index (χ3v) is 7.07. The third kappa shape index (κ3) is 4.73. The highest BCUT2D eigenvalue weighted by atomic mass is 16.7. The Morgan fingerprint density at radius 2 is 1.84 bits per heavy atom. The molecule has 0 atom stereocenters. The zero-order chi connectivity index (χ0) is 30.2. The van der Waals surface area contributed by atoms with Crippen LogP contribution in [0.25, 0.3) is 33.5 Å². The van der Waals surface area contributed by atoms with Gasteiger partial charge in [-0.3, -0.25) is 14.9 Å². The van der Waals surface area contributed by atoms with Gasteiger partial charge in [0.25, 0.3) is 5.56 Å². The van der Waals surface area contributed by atoms with Crippen molar-refractivity contribution in [2.24, 2.45) is 5.10 Å². The molecule has 0 spiro atoms. The Morgan fingerprint density at radius 1 is 1.00 bits per heavy atom. The Hall–Kier alpha value is -6.17. The summed E-state index contributed by atoms with van der Waals surface area (Å²) in [4.78, 5) is 29.8. The summed E-state index contributed by atoms with van der Waals surface area (Å²) in [6.07, 6.45) is 1.33. The molecule has 0 fully saturated rings. The first-order valence-corrected chi connectivity index (χ1v) is 13.4. The lowest BCUT2D eigenvalue weighted by Gasteiger charge is -2.11. The number of fused-ring (bicyclic) bond motifs is 3. The predicted molar refractivity (Wildman–Crippen MR) is 161 cm³/mol. The van der Waals surface area contributed by atoms with E-state index in [1.165, 1.54) is 18.3 Å². The molecule has 4 aromatic carbocycles. The second-order valence-corrected chi connectivity index (χ2v) is 9.73. The second kappa shape index (κ2) is 10.9. The maximum Gasteiger partial charge on any atom is 0.311 e. The second-order valence-electron chi connectivity index (χ2n) is 9.73. The van der Waals surface area contributed by atoms with Gasteiger partial charge in [0.2, 0.25) is 18.4 Å². The summed E-state index contributed by atoms with van der Waals surface area (Å²) in [6.45, 7) is 0.128. The van der Waals surface area contributed by atoms with Crippen molar-refractivity contribution in [3.8, 4) is 34.6 Å². The van der Waals surface area contributed by atoms with Gasteiger partial charge in [0.05, 0.1) is 34.5 Å². The largest absolute Gasteiger partial charge is 0.496 e. The van der Waals surface area contributed by atoms with E-state index in [4.69, 9.17) is 28.3 Å². The fraction of sp³-hybridized carbons (Fsp3) is 0.0938. The summed E-state index contributed by atoms with van der Waals surface area (Å²) in [5.41, 5.74) is 1.26. The van der Waals surface area contributed by atoms with Gasteiger partial charge >= 0.3 is 5.69 Å². The molecule has 0 radical (unpaired) electrons. The van der Waals surface area contributed by atoms with Gasteiger partial charge in [0.15, 0.2) is 17.3 Å². The number of nitro groups is 1. The number of hydrogen-bond donors (Lipinski definition) is 0. The molecule has 218 valence electrons. The van der Waals surface area contributed by atoms with Crippen molar-refractivity contribution in [1.82, 2.24) is 9.66 Å². The highest BCUT2D eigenvalue weighted by Gasteiger charge is 2.21. The molecule has 0 aliphatic carbocycles. The number of ether oxygens (including phenoxy) is 4. The molecular formula is C32H22N4O8. The van der Waals surface area contributed by atoms with E-state index in [9.17, 15) is 14.9 Å². The number of nitro benzene ring substituents is 1. The van der Waals surface area contributed by atoms with Crippen molar-refractivity contribution in [2.75, 3.05) is 13.9 Å². The molecule has 7 rings (SSSR count). The van der Waals surface area contributed by atoms with Crippen LogP contribution in [-0.2, 0) is 6.61 Å². The van der Waals surface area contributed by atoms with E-state index in [0.29, 0.717) is 44.7 Å². The Bertz CT molecular complexity index is 2170. The first kappa shape index (κ1) is 26.7. The summed E-state index contributed by atoms with van der Waals surface area (Å²) in [5, 5.41) is 17.4. The fourth-order valence-corrected chi connectivity index (χ4v) is 4.96. The average molecular weight is 591 g/mol. The molecule has 0 saturated heterocycles. The van der Waals surface area contributed by atoms with Crippen LogP contribution in [0.4, 0.5) is 5.69 Å².